The molecule has 0 aromatic carbocycles. The Morgan fingerprint density at radius 1 is 1.62 bits per heavy atom. The fourth-order valence-corrected chi connectivity index (χ4v) is 2.07. The van der Waals surface area contributed by atoms with E-state index in [1.807, 2.05) is 6.92 Å². The molecule has 0 bridgehead atoms. The topological polar surface area (TPSA) is 17.1 Å². The van der Waals surface area contributed by atoms with Crippen molar-refractivity contribution in [3.05, 3.63) is 0 Å². The SMILES string of the molecule is C[C@@H]1C[C@H](C)C(=O)S1. The van der Waals surface area contributed by atoms with Gasteiger partial charge in [0.2, 0.25) is 0 Å². The van der Waals surface area contributed by atoms with Gasteiger partial charge in [0.1, 0.15) is 0 Å². The lowest BCUT2D eigenvalue weighted by Crippen LogP contribution is -1.96. The molecule has 1 heterocycles. The maximum Gasteiger partial charge on any atom is 0.192 e. The van der Waals surface area contributed by atoms with E-state index < -0.39 is 0 Å². The van der Waals surface area contributed by atoms with E-state index in [0.717, 1.165) is 6.42 Å². The Hall–Kier alpha value is 0.0200. The van der Waals surface area contributed by atoms with Crippen LogP contribution in [0.3, 0.4) is 0 Å². The first-order valence-corrected chi connectivity index (χ1v) is 3.78. The van der Waals surface area contributed by atoms with Gasteiger partial charge in [-0.3, -0.25) is 4.79 Å². The van der Waals surface area contributed by atoms with Gasteiger partial charge in [0.25, 0.3) is 0 Å². The van der Waals surface area contributed by atoms with Crippen molar-refractivity contribution in [2.24, 2.45) is 5.92 Å². The molecule has 0 spiro atoms. The van der Waals surface area contributed by atoms with Crippen LogP contribution < -0.4 is 0 Å². The molecule has 2 atom stereocenters. The Kier molecular flexibility index (Phi) is 1.61. The van der Waals surface area contributed by atoms with E-state index in [0.29, 0.717) is 16.3 Å². The zero-order chi connectivity index (χ0) is 6.15. The Balaban J connectivity index is 2.51. The normalized spacial score (nSPS) is 38.5. The first-order valence-electron chi connectivity index (χ1n) is 2.90. The predicted molar refractivity (Wildman–Crippen MR) is 35.8 cm³/mol. The molecular formula is C6H10OS. The van der Waals surface area contributed by atoms with E-state index in [9.17, 15) is 4.79 Å². The highest BCUT2D eigenvalue weighted by Crippen LogP contribution is 2.31. The minimum absolute atomic E-state index is 0.315. The van der Waals surface area contributed by atoms with E-state index in [1.54, 1.807) is 0 Å². The summed E-state index contributed by atoms with van der Waals surface area (Å²) in [4.78, 5) is 10.7. The van der Waals surface area contributed by atoms with Crippen LogP contribution in [0.4, 0.5) is 0 Å². The van der Waals surface area contributed by atoms with Gasteiger partial charge >= 0.3 is 0 Å². The summed E-state index contributed by atoms with van der Waals surface area (Å²) in [5, 5.41) is 0.940. The number of hydrogen-bond donors (Lipinski definition) is 0. The average Bonchev–Trinajstić information content (AvgIpc) is 1.85. The summed E-state index contributed by atoms with van der Waals surface area (Å²) in [5.41, 5.74) is 0. The molecule has 0 aliphatic carbocycles. The van der Waals surface area contributed by atoms with E-state index in [2.05, 4.69) is 6.92 Å². The number of carbonyl (C=O) groups is 1. The third kappa shape index (κ3) is 1.05. The Labute approximate surface area is 53.8 Å². The van der Waals surface area contributed by atoms with E-state index in [-0.39, 0.29) is 0 Å². The minimum Gasteiger partial charge on any atom is -0.287 e. The van der Waals surface area contributed by atoms with Gasteiger partial charge < -0.3 is 0 Å². The zero-order valence-corrected chi connectivity index (χ0v) is 5.99. The van der Waals surface area contributed by atoms with Crippen LogP contribution in [-0.2, 0) is 4.79 Å². The van der Waals surface area contributed by atoms with E-state index >= 15 is 0 Å². The van der Waals surface area contributed by atoms with Gasteiger partial charge in [-0.1, -0.05) is 25.6 Å². The molecule has 1 aliphatic heterocycles. The third-order valence-corrected chi connectivity index (χ3v) is 2.63. The molecular weight excluding hydrogens is 120 g/mol. The summed E-state index contributed by atoms with van der Waals surface area (Å²) in [6.45, 7) is 4.10. The van der Waals surface area contributed by atoms with E-state index in [1.165, 1.54) is 11.8 Å². The van der Waals surface area contributed by atoms with Crippen molar-refractivity contribution in [3.8, 4) is 0 Å². The molecule has 1 nitrogen and oxygen atoms in total. The maximum atomic E-state index is 10.7. The quantitative estimate of drug-likeness (QED) is 0.496. The number of hydrogen-bond acceptors (Lipinski definition) is 2. The van der Waals surface area contributed by atoms with Gasteiger partial charge in [-0.2, -0.15) is 0 Å². The highest BCUT2D eigenvalue weighted by atomic mass is 32.2. The maximum absolute atomic E-state index is 10.7. The van der Waals surface area contributed by atoms with Crippen LogP contribution in [0.5, 0.6) is 0 Å². The summed E-state index contributed by atoms with van der Waals surface area (Å²) in [6.07, 6.45) is 1.07. The van der Waals surface area contributed by atoms with Crippen molar-refractivity contribution in [2.45, 2.75) is 25.5 Å². The Morgan fingerprint density at radius 2 is 2.25 bits per heavy atom. The van der Waals surface area contributed by atoms with Crippen molar-refractivity contribution in [2.75, 3.05) is 0 Å². The molecule has 1 fully saturated rings. The first kappa shape index (κ1) is 6.14. The van der Waals surface area contributed by atoms with Gasteiger partial charge in [-0.05, 0) is 6.42 Å². The third-order valence-electron chi connectivity index (χ3n) is 1.41. The average molecular weight is 130 g/mol. The van der Waals surface area contributed by atoms with Crippen LogP contribution >= 0.6 is 11.8 Å². The molecule has 0 saturated carbocycles. The van der Waals surface area contributed by atoms with Gasteiger partial charge in [-0.15, -0.1) is 0 Å². The second-order valence-electron chi connectivity index (χ2n) is 2.38. The lowest BCUT2D eigenvalue weighted by molar-refractivity contribution is -0.113. The molecule has 2 heteroatoms. The summed E-state index contributed by atoms with van der Waals surface area (Å²) < 4.78 is 0. The van der Waals surface area contributed by atoms with Crippen molar-refractivity contribution in [1.29, 1.82) is 0 Å². The first-order chi connectivity index (χ1) is 3.70. The molecule has 8 heavy (non-hydrogen) atoms. The molecule has 0 unspecified atom stereocenters. The van der Waals surface area contributed by atoms with Gasteiger partial charge in [0.05, 0.1) is 0 Å². The van der Waals surface area contributed by atoms with Crippen molar-refractivity contribution in [3.63, 3.8) is 0 Å². The fourth-order valence-electron chi connectivity index (χ4n) is 0.957. The van der Waals surface area contributed by atoms with Crippen LogP contribution in [0, 0.1) is 5.92 Å². The highest BCUT2D eigenvalue weighted by molar-refractivity contribution is 8.14. The van der Waals surface area contributed by atoms with Gasteiger partial charge in [0, 0.05) is 11.2 Å². The van der Waals surface area contributed by atoms with E-state index in [4.69, 9.17) is 0 Å². The minimum atomic E-state index is 0.315. The molecule has 1 rings (SSSR count). The molecule has 0 N–H and O–H groups in total. The van der Waals surface area contributed by atoms with Crippen molar-refractivity contribution in [1.82, 2.24) is 0 Å². The van der Waals surface area contributed by atoms with Crippen LogP contribution in [0.25, 0.3) is 0 Å². The van der Waals surface area contributed by atoms with Gasteiger partial charge in [-0.25, -0.2) is 0 Å². The second-order valence-corrected chi connectivity index (χ2v) is 3.83. The molecule has 0 aromatic heterocycles. The standard InChI is InChI=1S/C6H10OS/c1-4-3-5(2)8-6(4)7/h4-5H,3H2,1-2H3/t4-,5+/m0/s1. The molecule has 46 valence electrons. The van der Waals surface area contributed by atoms with Crippen molar-refractivity contribution >= 4 is 16.9 Å². The summed E-state index contributed by atoms with van der Waals surface area (Å²) in [6, 6.07) is 0. The number of carbonyl (C=O) groups excluding carboxylic acids is 1. The Morgan fingerprint density at radius 3 is 2.38 bits per heavy atom. The number of thioether (sulfide) groups is 1. The molecule has 1 aliphatic rings. The second kappa shape index (κ2) is 2.09. The van der Waals surface area contributed by atoms with Crippen molar-refractivity contribution < 1.29 is 4.79 Å². The summed E-state index contributed by atoms with van der Waals surface area (Å²) >= 11 is 1.49. The van der Waals surface area contributed by atoms with Crippen LogP contribution in [-0.4, -0.2) is 10.4 Å². The zero-order valence-electron chi connectivity index (χ0n) is 5.18. The monoisotopic (exact) mass is 130 g/mol. The largest absolute Gasteiger partial charge is 0.287 e. The molecule has 0 aromatic rings. The van der Waals surface area contributed by atoms with Crippen LogP contribution in [0.1, 0.15) is 20.3 Å². The smallest absolute Gasteiger partial charge is 0.192 e. The fraction of sp³-hybridized carbons (Fsp3) is 0.833. The highest BCUT2D eigenvalue weighted by Gasteiger charge is 2.26. The molecule has 1 saturated heterocycles. The van der Waals surface area contributed by atoms with Crippen LogP contribution in [0.15, 0.2) is 0 Å². The number of rotatable bonds is 0. The predicted octanol–water partition coefficient (Wildman–Crippen LogP) is 1.67. The van der Waals surface area contributed by atoms with Crippen LogP contribution in [0.2, 0.25) is 0 Å². The summed E-state index contributed by atoms with van der Waals surface area (Å²) in [7, 11) is 0. The van der Waals surface area contributed by atoms with Gasteiger partial charge in [0.15, 0.2) is 5.12 Å². The molecule has 0 amide bonds. The lowest BCUT2D eigenvalue weighted by atomic mass is 10.1. The Bertz CT molecular complexity index is 111. The summed E-state index contributed by atoms with van der Waals surface area (Å²) in [5.74, 6) is 0.315. The lowest BCUT2D eigenvalue weighted by Gasteiger charge is -1.92. The molecule has 0 radical (unpaired) electrons.